The molecule has 0 amide bonds. The zero-order valence-electron chi connectivity index (χ0n) is 13.1. The number of rotatable bonds is 0. The predicted molar refractivity (Wildman–Crippen MR) is 83.3 cm³/mol. The zero-order valence-corrected chi connectivity index (χ0v) is 13.1. The van der Waals surface area contributed by atoms with Gasteiger partial charge in [-0.1, -0.05) is 32.1 Å². The molecule has 5 rings (SSSR count). The summed E-state index contributed by atoms with van der Waals surface area (Å²) in [6.07, 6.45) is 19.3. The Morgan fingerprint density at radius 3 is 1.90 bits per heavy atom. The number of hydrogen-bond acceptors (Lipinski definition) is 0. The van der Waals surface area contributed by atoms with Gasteiger partial charge in [0.1, 0.15) is 0 Å². The second-order valence-electron chi connectivity index (χ2n) is 9.11. The highest BCUT2D eigenvalue weighted by atomic mass is 14.6. The molecule has 0 nitrogen and oxygen atoms in total. The molecule has 5 fully saturated rings. The van der Waals surface area contributed by atoms with E-state index in [4.69, 9.17) is 0 Å². The van der Waals surface area contributed by atoms with Gasteiger partial charge in [-0.15, -0.1) is 0 Å². The zero-order chi connectivity index (χ0) is 13.1. The van der Waals surface area contributed by atoms with Crippen LogP contribution in [-0.2, 0) is 0 Å². The van der Waals surface area contributed by atoms with Gasteiger partial charge < -0.3 is 0 Å². The Morgan fingerprint density at radius 1 is 0.350 bits per heavy atom. The average Bonchev–Trinajstić information content (AvgIpc) is 3.07. The summed E-state index contributed by atoms with van der Waals surface area (Å²) in [6, 6.07) is 0. The largest absolute Gasteiger partial charge is 0.0530 e. The van der Waals surface area contributed by atoms with E-state index in [-0.39, 0.29) is 0 Å². The molecule has 8 atom stereocenters. The molecular weight excluding hydrogens is 240 g/mol. The molecule has 0 aromatic carbocycles. The lowest BCUT2D eigenvalue weighted by Crippen LogP contribution is -2.44. The Balaban J connectivity index is 1.39. The molecule has 0 heterocycles. The van der Waals surface area contributed by atoms with E-state index in [9.17, 15) is 0 Å². The van der Waals surface area contributed by atoms with Crippen molar-refractivity contribution in [2.24, 2.45) is 47.3 Å². The van der Waals surface area contributed by atoms with Gasteiger partial charge in [0.2, 0.25) is 0 Å². The molecule has 0 spiro atoms. The van der Waals surface area contributed by atoms with Crippen molar-refractivity contribution >= 4 is 0 Å². The van der Waals surface area contributed by atoms with E-state index in [0.717, 1.165) is 5.92 Å². The molecule has 0 N–H and O–H groups in total. The van der Waals surface area contributed by atoms with E-state index in [0.29, 0.717) is 0 Å². The molecule has 5 aliphatic carbocycles. The van der Waals surface area contributed by atoms with Gasteiger partial charge in [-0.25, -0.2) is 0 Å². The lowest BCUT2D eigenvalue weighted by molar-refractivity contribution is -0.0249. The Labute approximate surface area is 125 Å². The molecule has 0 bridgehead atoms. The summed E-state index contributed by atoms with van der Waals surface area (Å²) in [4.78, 5) is 0. The fourth-order valence-electron chi connectivity index (χ4n) is 8.13. The SMILES string of the molecule is C1CCC2C(C1)CCC1C2CCC2C3CCCC3CC21. The van der Waals surface area contributed by atoms with Crippen molar-refractivity contribution in [3.05, 3.63) is 0 Å². The summed E-state index contributed by atoms with van der Waals surface area (Å²) in [7, 11) is 0. The molecule has 112 valence electrons. The first-order valence-electron chi connectivity index (χ1n) is 9.92. The maximum absolute atomic E-state index is 1.66. The minimum absolute atomic E-state index is 1.16. The summed E-state index contributed by atoms with van der Waals surface area (Å²) in [5.74, 6) is 9.41. The first kappa shape index (κ1) is 12.5. The minimum atomic E-state index is 1.16. The fraction of sp³-hybridized carbons (Fsp3) is 1.00. The smallest absolute Gasteiger partial charge is 0.0349 e. The van der Waals surface area contributed by atoms with Gasteiger partial charge in [-0.2, -0.15) is 0 Å². The van der Waals surface area contributed by atoms with Crippen LogP contribution in [0.15, 0.2) is 0 Å². The molecule has 0 aromatic heterocycles. The van der Waals surface area contributed by atoms with E-state index in [1.807, 2.05) is 0 Å². The summed E-state index contributed by atoms with van der Waals surface area (Å²) in [5.41, 5.74) is 0. The molecule has 5 saturated carbocycles. The van der Waals surface area contributed by atoms with Crippen LogP contribution in [0.2, 0.25) is 0 Å². The van der Waals surface area contributed by atoms with Crippen LogP contribution in [0, 0.1) is 47.3 Å². The number of fused-ring (bicyclic) bond motifs is 7. The maximum Gasteiger partial charge on any atom is -0.0349 e. The summed E-state index contributed by atoms with van der Waals surface area (Å²) >= 11 is 0. The predicted octanol–water partition coefficient (Wildman–Crippen LogP) is 5.67. The van der Waals surface area contributed by atoms with Crippen molar-refractivity contribution in [3.8, 4) is 0 Å². The lowest BCUT2D eigenvalue weighted by Gasteiger charge is -2.52. The van der Waals surface area contributed by atoms with Crippen molar-refractivity contribution in [2.75, 3.05) is 0 Å². The van der Waals surface area contributed by atoms with Crippen LogP contribution < -0.4 is 0 Å². The quantitative estimate of drug-likeness (QED) is 0.533. The van der Waals surface area contributed by atoms with E-state index < -0.39 is 0 Å². The maximum atomic E-state index is 1.66. The van der Waals surface area contributed by atoms with Gasteiger partial charge in [0.25, 0.3) is 0 Å². The molecule has 20 heavy (non-hydrogen) atoms. The van der Waals surface area contributed by atoms with E-state index in [1.54, 1.807) is 77.0 Å². The van der Waals surface area contributed by atoms with E-state index >= 15 is 0 Å². The van der Waals surface area contributed by atoms with Crippen molar-refractivity contribution in [2.45, 2.75) is 77.0 Å². The van der Waals surface area contributed by atoms with Crippen LogP contribution in [0.25, 0.3) is 0 Å². The van der Waals surface area contributed by atoms with Gasteiger partial charge in [0, 0.05) is 0 Å². The normalized spacial score (nSPS) is 57.6. The Hall–Kier alpha value is 0. The summed E-state index contributed by atoms with van der Waals surface area (Å²) < 4.78 is 0. The second-order valence-corrected chi connectivity index (χ2v) is 9.11. The molecule has 0 heteroatoms. The van der Waals surface area contributed by atoms with Crippen LogP contribution in [0.5, 0.6) is 0 Å². The third-order valence-electron chi connectivity index (χ3n) is 8.71. The first-order chi connectivity index (χ1) is 9.92. The van der Waals surface area contributed by atoms with Crippen molar-refractivity contribution in [3.63, 3.8) is 0 Å². The lowest BCUT2D eigenvalue weighted by atomic mass is 9.53. The van der Waals surface area contributed by atoms with Crippen molar-refractivity contribution in [1.82, 2.24) is 0 Å². The molecule has 8 unspecified atom stereocenters. The number of hydrogen-bond donors (Lipinski definition) is 0. The minimum Gasteiger partial charge on any atom is -0.0530 e. The van der Waals surface area contributed by atoms with Crippen molar-refractivity contribution in [1.29, 1.82) is 0 Å². The molecule has 0 aliphatic heterocycles. The van der Waals surface area contributed by atoms with E-state index in [1.165, 1.54) is 41.4 Å². The van der Waals surface area contributed by atoms with Crippen LogP contribution in [-0.4, -0.2) is 0 Å². The van der Waals surface area contributed by atoms with Crippen molar-refractivity contribution < 1.29 is 0 Å². The molecule has 0 radical (unpaired) electrons. The topological polar surface area (TPSA) is 0 Å². The summed E-state index contributed by atoms with van der Waals surface area (Å²) in [5, 5.41) is 0. The van der Waals surface area contributed by atoms with Crippen LogP contribution in [0.1, 0.15) is 77.0 Å². The second kappa shape index (κ2) is 4.75. The molecule has 5 aliphatic rings. The molecule has 0 saturated heterocycles. The Kier molecular flexibility index (Phi) is 2.98. The third-order valence-corrected chi connectivity index (χ3v) is 8.71. The standard InChI is InChI=1S/C20H32/c1-2-6-15-13(4-1)8-9-19-17(15)10-11-18-16-7-3-5-14(16)12-20(18)19/h13-20H,1-12H2. The Bertz CT molecular complexity index is 368. The van der Waals surface area contributed by atoms with Gasteiger partial charge in [-0.05, 0) is 92.3 Å². The highest BCUT2D eigenvalue weighted by Crippen LogP contribution is 2.62. The van der Waals surface area contributed by atoms with Crippen LogP contribution in [0.3, 0.4) is 0 Å². The first-order valence-corrected chi connectivity index (χ1v) is 9.92. The monoisotopic (exact) mass is 272 g/mol. The van der Waals surface area contributed by atoms with E-state index in [2.05, 4.69) is 0 Å². The molecule has 0 aromatic rings. The summed E-state index contributed by atoms with van der Waals surface area (Å²) in [6.45, 7) is 0. The highest BCUT2D eigenvalue weighted by molar-refractivity contribution is 5.03. The average molecular weight is 272 g/mol. The molecular formula is C20H32. The van der Waals surface area contributed by atoms with Crippen LogP contribution in [0.4, 0.5) is 0 Å². The highest BCUT2D eigenvalue weighted by Gasteiger charge is 2.54. The third kappa shape index (κ3) is 1.72. The van der Waals surface area contributed by atoms with Gasteiger partial charge >= 0.3 is 0 Å². The Morgan fingerprint density at radius 2 is 0.950 bits per heavy atom. The fourth-order valence-corrected chi connectivity index (χ4v) is 8.13. The van der Waals surface area contributed by atoms with Gasteiger partial charge in [0.05, 0.1) is 0 Å². The van der Waals surface area contributed by atoms with Gasteiger partial charge in [0.15, 0.2) is 0 Å². The van der Waals surface area contributed by atoms with Crippen LogP contribution >= 0.6 is 0 Å². The van der Waals surface area contributed by atoms with Gasteiger partial charge in [-0.3, -0.25) is 0 Å².